The second-order valence-electron chi connectivity index (χ2n) is 5.90. The molecule has 6 heteroatoms. The molecule has 0 unspecified atom stereocenters. The molecule has 1 aliphatic heterocycles. The Morgan fingerprint density at radius 2 is 1.91 bits per heavy atom. The number of hydrogen-bond acceptors (Lipinski definition) is 4. The van der Waals surface area contributed by atoms with Crippen LogP contribution in [-0.2, 0) is 13.1 Å². The maximum Gasteiger partial charge on any atom is 0.219 e. The molecule has 1 aliphatic rings. The minimum atomic E-state index is -0.181. The molecule has 1 aromatic heterocycles. The lowest BCUT2D eigenvalue weighted by molar-refractivity contribution is 0.354. The van der Waals surface area contributed by atoms with Crippen LogP contribution in [-0.4, -0.2) is 22.0 Å². The van der Waals surface area contributed by atoms with E-state index in [1.54, 1.807) is 0 Å². The van der Waals surface area contributed by atoms with Crippen LogP contribution < -0.4 is 0 Å². The molecule has 2 N–H and O–H groups in total. The number of nitrogens with zero attached hydrogens (tertiary/aromatic N) is 2. The standard InChI is InChI=1S/C17H14ClN3O2/c1-21-7-13-11(9-2-4-10(18)5-3-9)6-12-15(14(13)8-21)19-17(22)16(12)20-23/h2-6,19,22H,7-8H2,1H3. The van der Waals surface area contributed by atoms with E-state index in [1.165, 1.54) is 5.56 Å². The minimum Gasteiger partial charge on any atom is -0.493 e. The van der Waals surface area contributed by atoms with Crippen molar-refractivity contribution < 1.29 is 5.11 Å². The van der Waals surface area contributed by atoms with E-state index in [0.29, 0.717) is 10.4 Å². The van der Waals surface area contributed by atoms with E-state index in [2.05, 4.69) is 15.1 Å². The van der Waals surface area contributed by atoms with Crippen LogP contribution in [0.3, 0.4) is 0 Å². The average Bonchev–Trinajstić information content (AvgIpc) is 3.06. The number of H-pyrrole nitrogens is 1. The van der Waals surface area contributed by atoms with E-state index in [1.807, 2.05) is 37.4 Å². The SMILES string of the molecule is CN1Cc2c(-c3ccc(Cl)cc3)cc3c(N=O)c(O)[nH]c3c2C1. The van der Waals surface area contributed by atoms with Crippen molar-refractivity contribution >= 4 is 28.2 Å². The van der Waals surface area contributed by atoms with Crippen LogP contribution in [0.1, 0.15) is 11.1 Å². The number of nitrogens with one attached hydrogen (secondary N) is 1. The smallest absolute Gasteiger partial charge is 0.219 e. The quantitative estimate of drug-likeness (QED) is 0.679. The Balaban J connectivity index is 2.06. The van der Waals surface area contributed by atoms with E-state index in [9.17, 15) is 10.0 Å². The largest absolute Gasteiger partial charge is 0.493 e. The number of fused-ring (bicyclic) bond motifs is 3. The van der Waals surface area contributed by atoms with Gasteiger partial charge in [0, 0.05) is 23.5 Å². The molecular weight excluding hydrogens is 314 g/mol. The number of aromatic hydroxyl groups is 1. The molecule has 0 aliphatic carbocycles. The second kappa shape index (κ2) is 5.08. The Kier molecular flexibility index (Phi) is 3.14. The van der Waals surface area contributed by atoms with Gasteiger partial charge in [-0.2, -0.15) is 0 Å². The predicted octanol–water partition coefficient (Wildman–Crippen LogP) is 4.54. The van der Waals surface area contributed by atoms with Gasteiger partial charge in [-0.25, -0.2) is 0 Å². The topological polar surface area (TPSA) is 68.7 Å². The van der Waals surface area contributed by atoms with Crippen molar-refractivity contribution in [3.05, 3.63) is 51.4 Å². The van der Waals surface area contributed by atoms with Crippen molar-refractivity contribution in [2.75, 3.05) is 7.05 Å². The van der Waals surface area contributed by atoms with E-state index in [-0.39, 0.29) is 11.6 Å². The molecule has 116 valence electrons. The van der Waals surface area contributed by atoms with E-state index < -0.39 is 0 Å². The molecule has 0 radical (unpaired) electrons. The summed E-state index contributed by atoms with van der Waals surface area (Å²) in [6.07, 6.45) is 0. The molecule has 0 saturated carbocycles. The summed E-state index contributed by atoms with van der Waals surface area (Å²) < 4.78 is 0. The molecule has 0 spiro atoms. The van der Waals surface area contributed by atoms with Crippen molar-refractivity contribution in [1.82, 2.24) is 9.88 Å². The predicted molar refractivity (Wildman–Crippen MR) is 91.0 cm³/mol. The molecule has 23 heavy (non-hydrogen) atoms. The fraction of sp³-hybridized carbons (Fsp3) is 0.176. The van der Waals surface area contributed by atoms with E-state index in [4.69, 9.17) is 11.6 Å². The Hall–Kier alpha value is -2.37. The summed E-state index contributed by atoms with van der Waals surface area (Å²) in [5.41, 5.74) is 5.21. The van der Waals surface area contributed by atoms with E-state index in [0.717, 1.165) is 35.3 Å². The van der Waals surface area contributed by atoms with Gasteiger partial charge in [-0.15, -0.1) is 4.91 Å². The Morgan fingerprint density at radius 1 is 1.22 bits per heavy atom. The van der Waals surface area contributed by atoms with Gasteiger partial charge >= 0.3 is 0 Å². The van der Waals surface area contributed by atoms with Crippen molar-refractivity contribution in [1.29, 1.82) is 0 Å². The monoisotopic (exact) mass is 327 g/mol. The summed E-state index contributed by atoms with van der Waals surface area (Å²) in [5.74, 6) is -0.181. The fourth-order valence-corrected chi connectivity index (χ4v) is 3.47. The zero-order chi connectivity index (χ0) is 16.1. The van der Waals surface area contributed by atoms with Gasteiger partial charge in [-0.3, -0.25) is 4.90 Å². The first-order chi connectivity index (χ1) is 11.1. The van der Waals surface area contributed by atoms with Gasteiger partial charge in [0.25, 0.3) is 0 Å². The number of halogens is 1. The third kappa shape index (κ3) is 2.12. The normalized spacial score (nSPS) is 14.3. The Morgan fingerprint density at radius 3 is 2.61 bits per heavy atom. The van der Waals surface area contributed by atoms with Crippen LogP contribution in [0, 0.1) is 4.91 Å². The van der Waals surface area contributed by atoms with Gasteiger partial charge in [0.05, 0.1) is 5.52 Å². The highest BCUT2D eigenvalue weighted by molar-refractivity contribution is 6.30. The second-order valence-corrected chi connectivity index (χ2v) is 6.33. The number of rotatable bonds is 2. The molecule has 4 rings (SSSR count). The molecule has 2 aromatic carbocycles. The van der Waals surface area contributed by atoms with Crippen LogP contribution in [0.5, 0.6) is 5.88 Å². The first kappa shape index (κ1) is 14.2. The van der Waals surface area contributed by atoms with Crippen molar-refractivity contribution in [3.63, 3.8) is 0 Å². The molecule has 3 aromatic rings. The number of benzene rings is 2. The molecule has 0 fully saturated rings. The van der Waals surface area contributed by atoms with Gasteiger partial charge in [0.2, 0.25) is 5.88 Å². The lowest BCUT2D eigenvalue weighted by Crippen LogP contribution is -2.07. The molecule has 2 heterocycles. The van der Waals surface area contributed by atoms with Crippen LogP contribution in [0.15, 0.2) is 35.5 Å². The molecule has 0 atom stereocenters. The summed E-state index contributed by atoms with van der Waals surface area (Å²) in [4.78, 5) is 16.2. The van der Waals surface area contributed by atoms with Crippen LogP contribution in [0.2, 0.25) is 5.02 Å². The number of nitroso groups, excluding NO2 is 1. The van der Waals surface area contributed by atoms with Crippen LogP contribution in [0.25, 0.3) is 22.0 Å². The molecular formula is C17H14ClN3O2. The van der Waals surface area contributed by atoms with Crippen LogP contribution in [0.4, 0.5) is 5.69 Å². The number of aromatic amines is 1. The maximum atomic E-state index is 11.1. The molecule has 0 amide bonds. The van der Waals surface area contributed by atoms with Gasteiger partial charge in [-0.1, -0.05) is 23.7 Å². The zero-order valence-electron chi connectivity index (χ0n) is 12.4. The fourth-order valence-electron chi connectivity index (χ4n) is 3.34. The number of hydrogen-bond donors (Lipinski definition) is 2. The maximum absolute atomic E-state index is 11.1. The van der Waals surface area contributed by atoms with Crippen molar-refractivity contribution in [2.24, 2.45) is 5.18 Å². The zero-order valence-corrected chi connectivity index (χ0v) is 13.2. The first-order valence-electron chi connectivity index (χ1n) is 7.25. The highest BCUT2D eigenvalue weighted by Crippen LogP contribution is 2.43. The first-order valence-corrected chi connectivity index (χ1v) is 7.63. The van der Waals surface area contributed by atoms with Crippen molar-refractivity contribution in [2.45, 2.75) is 13.1 Å². The summed E-state index contributed by atoms with van der Waals surface area (Å²) >= 11 is 5.98. The number of aromatic nitrogens is 1. The highest BCUT2D eigenvalue weighted by atomic mass is 35.5. The van der Waals surface area contributed by atoms with Gasteiger partial charge in [0.15, 0.2) is 5.69 Å². The van der Waals surface area contributed by atoms with Crippen molar-refractivity contribution in [3.8, 4) is 17.0 Å². The summed E-state index contributed by atoms with van der Waals surface area (Å²) in [6.45, 7) is 1.57. The minimum absolute atomic E-state index is 0.0626. The average molecular weight is 328 g/mol. The van der Waals surface area contributed by atoms with E-state index >= 15 is 0 Å². The summed E-state index contributed by atoms with van der Waals surface area (Å²) in [6, 6.07) is 9.54. The Labute approximate surface area is 137 Å². The molecule has 5 nitrogen and oxygen atoms in total. The van der Waals surface area contributed by atoms with Crippen LogP contribution >= 0.6 is 11.6 Å². The highest BCUT2D eigenvalue weighted by Gasteiger charge is 2.26. The third-order valence-corrected chi connectivity index (χ3v) is 4.63. The van der Waals surface area contributed by atoms with Gasteiger partial charge in [-0.05, 0) is 52.7 Å². The third-order valence-electron chi connectivity index (χ3n) is 4.37. The Bertz CT molecular complexity index is 931. The van der Waals surface area contributed by atoms with Gasteiger partial charge in [0.1, 0.15) is 0 Å². The summed E-state index contributed by atoms with van der Waals surface area (Å²) in [5, 5.41) is 14.3. The lowest BCUT2D eigenvalue weighted by atomic mass is 9.94. The molecule has 0 saturated heterocycles. The van der Waals surface area contributed by atoms with Gasteiger partial charge < -0.3 is 10.1 Å². The molecule has 0 bridgehead atoms. The summed E-state index contributed by atoms with van der Waals surface area (Å²) in [7, 11) is 2.04. The lowest BCUT2D eigenvalue weighted by Gasteiger charge is -2.10.